The number of nitrogen functional groups attached to an aromatic ring is 1. The summed E-state index contributed by atoms with van der Waals surface area (Å²) in [5, 5.41) is 0.373. The second-order valence-corrected chi connectivity index (χ2v) is 10.3. The summed E-state index contributed by atoms with van der Waals surface area (Å²) in [4.78, 5) is 24.1. The van der Waals surface area contributed by atoms with Gasteiger partial charge in [0.1, 0.15) is 22.8 Å². The summed E-state index contributed by atoms with van der Waals surface area (Å²) < 4.78 is 36.4. The van der Waals surface area contributed by atoms with Crippen LogP contribution in [-0.2, 0) is 12.1 Å². The second-order valence-electron chi connectivity index (χ2n) is 9.96. The van der Waals surface area contributed by atoms with Crippen molar-refractivity contribution in [2.24, 2.45) is 5.73 Å². The first kappa shape index (κ1) is 26.8. The Morgan fingerprint density at radius 3 is 2.73 bits per heavy atom. The molecule has 1 aliphatic rings. The molecule has 1 aliphatic heterocycles. The highest BCUT2D eigenvalue weighted by molar-refractivity contribution is 6.29. The molecule has 0 spiro atoms. The number of hydrogen-bond acceptors (Lipinski definition) is 9. The number of hydrogen-bond donors (Lipinski definition) is 2. The smallest absolute Gasteiger partial charge is 0.165 e. The van der Waals surface area contributed by atoms with Crippen molar-refractivity contribution in [3.63, 3.8) is 0 Å². The number of pyridine rings is 2. The summed E-state index contributed by atoms with van der Waals surface area (Å²) in [5.41, 5.74) is 15.4. The van der Waals surface area contributed by atoms with Gasteiger partial charge in [0.2, 0.25) is 0 Å². The molecule has 0 unspecified atom stereocenters. The minimum Gasteiger partial charge on any atom is -0.494 e. The fraction of sp³-hybridized carbons (Fsp3) is 0.250. The Labute approximate surface area is 239 Å². The van der Waals surface area contributed by atoms with E-state index in [1.807, 2.05) is 18.2 Å². The van der Waals surface area contributed by atoms with Gasteiger partial charge in [-0.3, -0.25) is 0 Å². The van der Waals surface area contributed by atoms with E-state index >= 15 is 4.39 Å². The first-order valence-electron chi connectivity index (χ1n) is 12.9. The predicted molar refractivity (Wildman–Crippen MR) is 152 cm³/mol. The van der Waals surface area contributed by atoms with Gasteiger partial charge in [-0.2, -0.15) is 0 Å². The predicted octanol–water partition coefficient (Wildman–Crippen LogP) is 4.31. The molecule has 1 aromatic carbocycles. The number of nitrogens with two attached hydrogens (primary N) is 2. The van der Waals surface area contributed by atoms with Crippen LogP contribution in [0, 0.1) is 11.6 Å². The fourth-order valence-electron chi connectivity index (χ4n) is 5.29. The second kappa shape index (κ2) is 10.5. The Bertz CT molecular complexity index is 1760. The van der Waals surface area contributed by atoms with Crippen LogP contribution in [0.15, 0.2) is 55.1 Å². The fourth-order valence-corrected chi connectivity index (χ4v) is 5.45. The lowest BCUT2D eigenvalue weighted by Crippen LogP contribution is -2.52. The number of nitrogens with zero attached hydrogens (tertiary/aromatic N) is 7. The standard InChI is InChI=1S/C28H26ClF2N9O/c1-41-22-11-17(30)16(10-18(22)31)19-6-7-21(20(37-19)12-40-15-36-25-26(32)34-14-35-27(25)40)39-9-3-8-28(33,13-39)23-4-2-5-24(29)38-23/h2,4-7,10-11,14-15H,3,8-9,12-13,33H2,1H3,(H2,32,34,35)/t28-/m1/s1. The van der Waals surface area contributed by atoms with Crippen LogP contribution in [0.1, 0.15) is 24.2 Å². The van der Waals surface area contributed by atoms with Crippen LogP contribution in [0.25, 0.3) is 22.4 Å². The van der Waals surface area contributed by atoms with Gasteiger partial charge in [0.25, 0.3) is 0 Å². The normalized spacial score (nSPS) is 17.2. The van der Waals surface area contributed by atoms with E-state index in [9.17, 15) is 4.39 Å². The lowest BCUT2D eigenvalue weighted by Gasteiger charge is -2.41. The molecule has 41 heavy (non-hydrogen) atoms. The van der Waals surface area contributed by atoms with Crippen LogP contribution < -0.4 is 21.1 Å². The average molecular weight is 578 g/mol. The van der Waals surface area contributed by atoms with Crippen molar-refractivity contribution < 1.29 is 13.5 Å². The molecule has 5 heterocycles. The van der Waals surface area contributed by atoms with Gasteiger partial charge >= 0.3 is 0 Å². The highest BCUT2D eigenvalue weighted by Gasteiger charge is 2.36. The molecule has 13 heteroatoms. The van der Waals surface area contributed by atoms with Crippen molar-refractivity contribution in [1.82, 2.24) is 29.5 Å². The van der Waals surface area contributed by atoms with Crippen LogP contribution in [0.4, 0.5) is 20.3 Å². The van der Waals surface area contributed by atoms with Gasteiger partial charge in [0.15, 0.2) is 23.0 Å². The van der Waals surface area contributed by atoms with Gasteiger partial charge in [-0.25, -0.2) is 33.7 Å². The number of piperidine rings is 1. The Morgan fingerprint density at radius 1 is 1.07 bits per heavy atom. The molecule has 4 N–H and O–H groups in total. The lowest BCUT2D eigenvalue weighted by atomic mass is 9.86. The number of imidazole rings is 1. The minimum absolute atomic E-state index is 0.00750. The van der Waals surface area contributed by atoms with Gasteiger partial charge < -0.3 is 25.7 Å². The van der Waals surface area contributed by atoms with Crippen LogP contribution in [0.5, 0.6) is 5.75 Å². The van der Waals surface area contributed by atoms with Crippen LogP contribution in [0.3, 0.4) is 0 Å². The van der Waals surface area contributed by atoms with Crippen molar-refractivity contribution >= 4 is 34.3 Å². The van der Waals surface area contributed by atoms with Crippen molar-refractivity contribution in [1.29, 1.82) is 0 Å². The van der Waals surface area contributed by atoms with E-state index in [4.69, 9.17) is 32.8 Å². The van der Waals surface area contributed by atoms with E-state index in [1.165, 1.54) is 13.4 Å². The van der Waals surface area contributed by atoms with E-state index in [2.05, 4.69) is 24.8 Å². The largest absolute Gasteiger partial charge is 0.494 e. The Hall–Kier alpha value is -4.42. The number of anilines is 2. The van der Waals surface area contributed by atoms with Crippen molar-refractivity contribution in [2.75, 3.05) is 30.8 Å². The molecule has 0 amide bonds. The van der Waals surface area contributed by atoms with Gasteiger partial charge in [0.05, 0.1) is 48.3 Å². The molecule has 0 bridgehead atoms. The molecule has 1 fully saturated rings. The Morgan fingerprint density at radius 2 is 1.93 bits per heavy atom. The molecular formula is C28H26ClF2N9O. The van der Waals surface area contributed by atoms with Gasteiger partial charge in [-0.15, -0.1) is 0 Å². The van der Waals surface area contributed by atoms with Gasteiger partial charge in [-0.05, 0) is 43.2 Å². The van der Waals surface area contributed by atoms with E-state index in [0.29, 0.717) is 40.8 Å². The van der Waals surface area contributed by atoms with Crippen molar-refractivity contribution in [3.05, 3.63) is 83.3 Å². The third-order valence-electron chi connectivity index (χ3n) is 7.31. The summed E-state index contributed by atoms with van der Waals surface area (Å²) in [6.07, 6.45) is 4.47. The molecule has 210 valence electrons. The first-order valence-corrected chi connectivity index (χ1v) is 13.2. The summed E-state index contributed by atoms with van der Waals surface area (Å²) in [6, 6.07) is 11.0. The molecule has 1 saturated heterocycles. The highest BCUT2D eigenvalue weighted by atomic mass is 35.5. The van der Waals surface area contributed by atoms with Crippen molar-refractivity contribution in [2.45, 2.75) is 24.9 Å². The first-order chi connectivity index (χ1) is 19.8. The van der Waals surface area contributed by atoms with Crippen LogP contribution in [0.2, 0.25) is 5.15 Å². The summed E-state index contributed by atoms with van der Waals surface area (Å²) >= 11 is 6.18. The van der Waals surface area contributed by atoms with E-state index in [0.717, 1.165) is 30.7 Å². The SMILES string of the molecule is COc1cc(F)c(-c2ccc(N3CCC[C@](N)(c4cccc(Cl)n4)C3)c(Cn3cnc4c(N)ncnc43)n2)cc1F. The zero-order chi connectivity index (χ0) is 28.7. The molecule has 0 radical (unpaired) electrons. The zero-order valence-electron chi connectivity index (χ0n) is 22.1. The summed E-state index contributed by atoms with van der Waals surface area (Å²) in [6.45, 7) is 1.37. The Kier molecular flexibility index (Phi) is 6.88. The number of halogens is 3. The monoisotopic (exact) mass is 577 g/mol. The van der Waals surface area contributed by atoms with E-state index < -0.39 is 17.2 Å². The number of benzene rings is 1. The summed E-state index contributed by atoms with van der Waals surface area (Å²) in [7, 11) is 1.28. The minimum atomic E-state index is -0.756. The molecule has 4 aromatic heterocycles. The quantitative estimate of drug-likeness (QED) is 0.283. The lowest BCUT2D eigenvalue weighted by molar-refractivity contribution is 0.345. The number of rotatable bonds is 6. The van der Waals surface area contributed by atoms with E-state index in [-0.39, 0.29) is 29.4 Å². The number of ether oxygens (including phenoxy) is 1. The maximum absolute atomic E-state index is 15.1. The van der Waals surface area contributed by atoms with Crippen LogP contribution in [-0.4, -0.2) is 49.7 Å². The molecule has 0 aliphatic carbocycles. The molecule has 6 rings (SSSR count). The maximum Gasteiger partial charge on any atom is 0.165 e. The number of fused-ring (bicyclic) bond motifs is 1. The Balaban J connectivity index is 1.44. The average Bonchev–Trinajstić information content (AvgIpc) is 3.38. The summed E-state index contributed by atoms with van der Waals surface area (Å²) in [5.74, 6) is -1.28. The third kappa shape index (κ3) is 5.00. The van der Waals surface area contributed by atoms with Crippen molar-refractivity contribution in [3.8, 4) is 17.0 Å². The third-order valence-corrected chi connectivity index (χ3v) is 7.52. The molecule has 5 aromatic rings. The zero-order valence-corrected chi connectivity index (χ0v) is 22.8. The molecular weight excluding hydrogens is 552 g/mol. The molecule has 1 atom stereocenters. The number of methoxy groups -OCH3 is 1. The van der Waals surface area contributed by atoms with Crippen LogP contribution >= 0.6 is 11.6 Å². The molecule has 10 nitrogen and oxygen atoms in total. The maximum atomic E-state index is 15.1. The van der Waals surface area contributed by atoms with E-state index in [1.54, 1.807) is 23.0 Å². The van der Waals surface area contributed by atoms with Gasteiger partial charge in [0, 0.05) is 24.7 Å². The number of aromatic nitrogens is 6. The molecule has 0 saturated carbocycles. The topological polar surface area (TPSA) is 134 Å². The highest BCUT2D eigenvalue weighted by Crippen LogP contribution is 2.35. The van der Waals surface area contributed by atoms with Gasteiger partial charge in [-0.1, -0.05) is 17.7 Å².